The minimum atomic E-state index is -4.64. The number of amides is 1. The minimum absolute atomic E-state index is 0.0284. The van der Waals surface area contributed by atoms with Crippen LogP contribution in [0.25, 0.3) is 0 Å². The van der Waals surface area contributed by atoms with E-state index in [0.29, 0.717) is 4.90 Å². The molecule has 0 saturated carbocycles. The van der Waals surface area contributed by atoms with Crippen molar-refractivity contribution in [1.82, 2.24) is 4.90 Å². The third-order valence-electron chi connectivity index (χ3n) is 2.19. The molecule has 0 unspecified atom stereocenters. The number of alkyl halides is 3. The monoisotopic (exact) mass is 299 g/mol. The first-order valence-electron chi connectivity index (χ1n) is 5.16. The van der Waals surface area contributed by atoms with Gasteiger partial charge in [-0.15, -0.1) is 0 Å². The van der Waals surface area contributed by atoms with Crippen LogP contribution >= 0.6 is 11.6 Å². The van der Waals surface area contributed by atoms with Gasteiger partial charge in [-0.3, -0.25) is 4.79 Å². The summed E-state index contributed by atoms with van der Waals surface area (Å²) in [5.74, 6) is -2.15. The fraction of sp³-hybridized carbons (Fsp3) is 0.364. The van der Waals surface area contributed by atoms with Crippen molar-refractivity contribution >= 4 is 17.5 Å². The second kappa shape index (κ2) is 6.21. The molecule has 0 spiro atoms. The van der Waals surface area contributed by atoms with Gasteiger partial charge in [0.2, 0.25) is 0 Å². The number of aliphatic hydroxyl groups is 1. The van der Waals surface area contributed by atoms with Gasteiger partial charge in [-0.25, -0.2) is 4.39 Å². The molecule has 1 amide bonds. The molecule has 0 aromatic heterocycles. The van der Waals surface area contributed by atoms with E-state index in [1.54, 1.807) is 0 Å². The number of hydrogen-bond donors (Lipinski definition) is 1. The number of carbonyl (C=O) groups is 1. The Morgan fingerprint density at radius 3 is 2.53 bits per heavy atom. The molecule has 0 atom stereocenters. The zero-order chi connectivity index (χ0) is 14.6. The largest absolute Gasteiger partial charge is 0.406 e. The SMILES string of the molecule is O=C(c1cc(Cl)ccc1F)N(CCO)CC(F)(F)F. The molecule has 0 saturated heterocycles. The Hall–Kier alpha value is -1.34. The van der Waals surface area contributed by atoms with Gasteiger partial charge in [0.1, 0.15) is 12.4 Å². The highest BCUT2D eigenvalue weighted by atomic mass is 35.5. The Balaban J connectivity index is 3.02. The van der Waals surface area contributed by atoms with Crippen LogP contribution < -0.4 is 0 Å². The summed E-state index contributed by atoms with van der Waals surface area (Å²) in [6.45, 7) is -2.79. The van der Waals surface area contributed by atoms with E-state index in [0.717, 1.165) is 12.1 Å². The Kier molecular flexibility index (Phi) is 5.13. The van der Waals surface area contributed by atoms with Gasteiger partial charge in [-0.2, -0.15) is 13.2 Å². The van der Waals surface area contributed by atoms with Gasteiger partial charge in [0, 0.05) is 11.6 Å². The van der Waals surface area contributed by atoms with Crippen LogP contribution in [-0.2, 0) is 0 Å². The lowest BCUT2D eigenvalue weighted by atomic mass is 10.2. The maximum Gasteiger partial charge on any atom is 0.406 e. The molecule has 0 aliphatic heterocycles. The van der Waals surface area contributed by atoms with Gasteiger partial charge in [-0.05, 0) is 18.2 Å². The Labute approximate surface area is 111 Å². The lowest BCUT2D eigenvalue weighted by molar-refractivity contribution is -0.141. The Morgan fingerprint density at radius 1 is 1.37 bits per heavy atom. The number of hydrogen-bond acceptors (Lipinski definition) is 2. The molecular formula is C11H10ClF4NO2. The van der Waals surface area contributed by atoms with Gasteiger partial charge in [0.15, 0.2) is 0 Å². The van der Waals surface area contributed by atoms with Gasteiger partial charge >= 0.3 is 6.18 Å². The molecule has 3 nitrogen and oxygen atoms in total. The number of aliphatic hydroxyl groups excluding tert-OH is 1. The summed E-state index contributed by atoms with van der Waals surface area (Å²) >= 11 is 5.57. The Bertz CT molecular complexity index is 464. The van der Waals surface area contributed by atoms with Crippen molar-refractivity contribution in [3.63, 3.8) is 0 Å². The van der Waals surface area contributed by atoms with E-state index in [4.69, 9.17) is 16.7 Å². The summed E-state index contributed by atoms with van der Waals surface area (Å²) in [6.07, 6.45) is -4.64. The highest BCUT2D eigenvalue weighted by Gasteiger charge is 2.33. The molecule has 8 heteroatoms. The van der Waals surface area contributed by atoms with Crippen LogP contribution in [0.3, 0.4) is 0 Å². The van der Waals surface area contributed by atoms with Crippen molar-refractivity contribution in [3.8, 4) is 0 Å². The zero-order valence-corrected chi connectivity index (χ0v) is 10.3. The van der Waals surface area contributed by atoms with E-state index >= 15 is 0 Å². The molecule has 0 radical (unpaired) electrons. The standard InChI is InChI=1S/C11H10ClF4NO2/c12-7-1-2-9(13)8(5-7)10(19)17(3-4-18)6-11(14,15)16/h1-2,5,18H,3-4,6H2. The molecule has 106 valence electrons. The topological polar surface area (TPSA) is 40.5 Å². The highest BCUT2D eigenvalue weighted by Crippen LogP contribution is 2.20. The van der Waals surface area contributed by atoms with Gasteiger partial charge in [0.05, 0.1) is 12.2 Å². The zero-order valence-electron chi connectivity index (χ0n) is 9.55. The fourth-order valence-electron chi connectivity index (χ4n) is 1.42. The second-order valence-corrected chi connectivity index (χ2v) is 4.13. The first kappa shape index (κ1) is 15.7. The number of benzene rings is 1. The average molecular weight is 300 g/mol. The van der Waals surface area contributed by atoms with E-state index in [-0.39, 0.29) is 5.02 Å². The predicted octanol–water partition coefficient (Wildman–Crippen LogP) is 2.48. The summed E-state index contributed by atoms with van der Waals surface area (Å²) in [7, 11) is 0. The van der Waals surface area contributed by atoms with Crippen LogP contribution in [0.5, 0.6) is 0 Å². The van der Waals surface area contributed by atoms with Crippen LogP contribution in [0.2, 0.25) is 5.02 Å². The molecule has 1 aromatic carbocycles. The number of carbonyl (C=O) groups excluding carboxylic acids is 1. The molecule has 1 rings (SSSR count). The second-order valence-electron chi connectivity index (χ2n) is 3.69. The molecule has 0 aliphatic carbocycles. The fourth-order valence-corrected chi connectivity index (χ4v) is 1.59. The number of nitrogens with zero attached hydrogens (tertiary/aromatic N) is 1. The van der Waals surface area contributed by atoms with E-state index in [1.807, 2.05) is 0 Å². The lowest BCUT2D eigenvalue weighted by Crippen LogP contribution is -2.41. The molecule has 1 N–H and O–H groups in total. The summed E-state index contributed by atoms with van der Waals surface area (Å²) in [6, 6.07) is 3.01. The molecular weight excluding hydrogens is 290 g/mol. The van der Waals surface area contributed by atoms with Crippen molar-refractivity contribution < 1.29 is 27.5 Å². The molecule has 0 bridgehead atoms. The quantitative estimate of drug-likeness (QED) is 0.868. The first-order chi connectivity index (χ1) is 8.74. The minimum Gasteiger partial charge on any atom is -0.395 e. The van der Waals surface area contributed by atoms with Crippen molar-refractivity contribution in [3.05, 3.63) is 34.6 Å². The number of rotatable bonds is 4. The van der Waals surface area contributed by atoms with Crippen LogP contribution in [-0.4, -0.2) is 41.8 Å². The van der Waals surface area contributed by atoms with Crippen LogP contribution in [0.4, 0.5) is 17.6 Å². The molecule has 19 heavy (non-hydrogen) atoms. The summed E-state index contributed by atoms with van der Waals surface area (Å²) in [4.78, 5) is 12.1. The molecule has 0 aliphatic rings. The van der Waals surface area contributed by atoms with Gasteiger partial charge < -0.3 is 10.0 Å². The maximum absolute atomic E-state index is 13.4. The maximum atomic E-state index is 13.4. The van der Waals surface area contributed by atoms with Crippen molar-refractivity contribution in [2.75, 3.05) is 19.7 Å². The first-order valence-corrected chi connectivity index (χ1v) is 5.54. The number of halogens is 5. The molecule has 1 aromatic rings. The normalized spacial score (nSPS) is 11.5. The van der Waals surface area contributed by atoms with Crippen molar-refractivity contribution in [2.24, 2.45) is 0 Å². The summed E-state index contributed by atoms with van der Waals surface area (Å²) in [5, 5.41) is 8.70. The van der Waals surface area contributed by atoms with Gasteiger partial charge in [-0.1, -0.05) is 11.6 Å². The van der Waals surface area contributed by atoms with Crippen LogP contribution in [0, 0.1) is 5.82 Å². The lowest BCUT2D eigenvalue weighted by Gasteiger charge is -2.23. The smallest absolute Gasteiger partial charge is 0.395 e. The highest BCUT2D eigenvalue weighted by molar-refractivity contribution is 6.31. The van der Waals surface area contributed by atoms with Crippen molar-refractivity contribution in [2.45, 2.75) is 6.18 Å². The summed E-state index contributed by atoms with van der Waals surface area (Å²) in [5.41, 5.74) is -0.565. The van der Waals surface area contributed by atoms with E-state index < -0.39 is 43.2 Å². The van der Waals surface area contributed by atoms with Crippen molar-refractivity contribution in [1.29, 1.82) is 0 Å². The third-order valence-corrected chi connectivity index (χ3v) is 2.42. The predicted molar refractivity (Wildman–Crippen MR) is 60.5 cm³/mol. The Morgan fingerprint density at radius 2 is 2.00 bits per heavy atom. The van der Waals surface area contributed by atoms with E-state index in [2.05, 4.69) is 0 Å². The van der Waals surface area contributed by atoms with Gasteiger partial charge in [0.25, 0.3) is 5.91 Å². The molecule has 0 heterocycles. The van der Waals surface area contributed by atoms with Crippen LogP contribution in [0.1, 0.15) is 10.4 Å². The van der Waals surface area contributed by atoms with E-state index in [9.17, 15) is 22.4 Å². The van der Waals surface area contributed by atoms with Crippen LogP contribution in [0.15, 0.2) is 18.2 Å². The average Bonchev–Trinajstić information content (AvgIpc) is 2.29. The molecule has 0 fully saturated rings. The third kappa shape index (κ3) is 4.68. The van der Waals surface area contributed by atoms with E-state index in [1.165, 1.54) is 6.07 Å². The summed E-state index contributed by atoms with van der Waals surface area (Å²) < 4.78 is 50.3.